The van der Waals surface area contributed by atoms with Crippen LogP contribution in [-0.2, 0) is 16.6 Å². The third-order valence-electron chi connectivity index (χ3n) is 3.07. The number of aromatic nitrogens is 3. The average molecular weight is 277 g/mol. The summed E-state index contributed by atoms with van der Waals surface area (Å²) in [7, 11) is 1.83. The quantitative estimate of drug-likeness (QED) is 0.841. The van der Waals surface area contributed by atoms with Crippen LogP contribution >= 0.6 is 0 Å². The second kappa shape index (κ2) is 5.06. The lowest BCUT2D eigenvalue weighted by atomic mass is 10.2. The molecule has 2 aromatic heterocycles. The summed E-state index contributed by atoms with van der Waals surface area (Å²) < 4.78 is 6.88. The largest absolute Gasteiger partial charge is 0.442 e. The smallest absolute Gasteiger partial charge is 0.412 e. The zero-order valence-corrected chi connectivity index (χ0v) is 11.2. The Morgan fingerprint density at radius 1 is 1.65 bits per heavy atom. The predicted octanol–water partition coefficient (Wildman–Crippen LogP) is 0.729. The van der Waals surface area contributed by atoms with Crippen LogP contribution in [0.3, 0.4) is 0 Å². The topological polar surface area (TPSA) is 90.3 Å². The fourth-order valence-corrected chi connectivity index (χ4v) is 2.11. The first kappa shape index (κ1) is 12.8. The van der Waals surface area contributed by atoms with E-state index in [1.165, 1.54) is 0 Å². The first-order valence-corrected chi connectivity index (χ1v) is 6.25. The van der Waals surface area contributed by atoms with Crippen molar-refractivity contribution >= 4 is 22.8 Å². The van der Waals surface area contributed by atoms with Crippen molar-refractivity contribution in [2.75, 3.05) is 18.5 Å². The van der Waals surface area contributed by atoms with Gasteiger partial charge in [-0.2, -0.15) is 10.6 Å². The molecule has 8 nitrogen and oxygen atoms in total. The molecule has 1 amide bonds. The van der Waals surface area contributed by atoms with Crippen LogP contribution in [0.25, 0.3) is 11.0 Å². The van der Waals surface area contributed by atoms with Crippen LogP contribution in [0, 0.1) is 6.92 Å². The van der Waals surface area contributed by atoms with E-state index in [1.54, 1.807) is 10.9 Å². The molecule has 1 fully saturated rings. The lowest BCUT2D eigenvalue weighted by Gasteiger charge is -2.10. The maximum absolute atomic E-state index is 11.7. The summed E-state index contributed by atoms with van der Waals surface area (Å²) in [6, 6.07) is 1.83. The van der Waals surface area contributed by atoms with Gasteiger partial charge < -0.3 is 4.74 Å². The summed E-state index contributed by atoms with van der Waals surface area (Å²) in [5.74, 6) is 0. The minimum atomic E-state index is -0.523. The van der Waals surface area contributed by atoms with Gasteiger partial charge in [-0.05, 0) is 13.0 Å². The standard InChI is InChI=1S/C12H15N5O3/c1-7-10-3-8(4-13-11(10)17(2)16-7)15-12(18)20-9-5-14-19-6-9/h3-4,9,14H,5-6H2,1-2H3,(H,15,18)/t9-/m0/s1. The number of hydroxylamine groups is 1. The molecule has 0 saturated carbocycles. The van der Waals surface area contributed by atoms with Gasteiger partial charge in [0, 0.05) is 12.4 Å². The summed E-state index contributed by atoms with van der Waals surface area (Å²) in [5.41, 5.74) is 4.86. The molecule has 0 radical (unpaired) electrons. The number of rotatable bonds is 2. The molecule has 0 spiro atoms. The summed E-state index contributed by atoms with van der Waals surface area (Å²) in [5, 5.41) is 7.83. The van der Waals surface area contributed by atoms with Gasteiger partial charge in [0.1, 0.15) is 12.7 Å². The highest BCUT2D eigenvalue weighted by molar-refractivity contribution is 5.89. The highest BCUT2D eigenvalue weighted by Crippen LogP contribution is 2.19. The number of carbonyl (C=O) groups is 1. The van der Waals surface area contributed by atoms with Gasteiger partial charge in [-0.1, -0.05) is 0 Å². The highest BCUT2D eigenvalue weighted by atomic mass is 16.7. The molecule has 20 heavy (non-hydrogen) atoms. The van der Waals surface area contributed by atoms with Crippen LogP contribution in [0.1, 0.15) is 5.69 Å². The maximum atomic E-state index is 11.7. The van der Waals surface area contributed by atoms with E-state index in [1.807, 2.05) is 20.0 Å². The van der Waals surface area contributed by atoms with Gasteiger partial charge in [-0.25, -0.2) is 9.78 Å². The molecule has 2 N–H and O–H groups in total. The number of nitrogens with zero attached hydrogens (tertiary/aromatic N) is 3. The number of aryl methyl sites for hydroxylation is 2. The number of ether oxygens (including phenoxy) is 1. The van der Waals surface area contributed by atoms with Gasteiger partial charge in [0.15, 0.2) is 5.65 Å². The molecule has 1 atom stereocenters. The van der Waals surface area contributed by atoms with Crippen molar-refractivity contribution in [3.8, 4) is 0 Å². The van der Waals surface area contributed by atoms with Crippen molar-refractivity contribution < 1.29 is 14.4 Å². The van der Waals surface area contributed by atoms with Gasteiger partial charge >= 0.3 is 6.09 Å². The Kier molecular flexibility index (Phi) is 3.25. The molecule has 1 aliphatic heterocycles. The molecular formula is C12H15N5O3. The highest BCUT2D eigenvalue weighted by Gasteiger charge is 2.20. The van der Waals surface area contributed by atoms with Crippen LogP contribution in [0.2, 0.25) is 0 Å². The van der Waals surface area contributed by atoms with Crippen molar-refractivity contribution in [1.29, 1.82) is 0 Å². The molecule has 1 aliphatic rings. The van der Waals surface area contributed by atoms with Gasteiger partial charge in [-0.15, -0.1) is 0 Å². The zero-order chi connectivity index (χ0) is 14.1. The molecular weight excluding hydrogens is 262 g/mol. The van der Waals surface area contributed by atoms with Gasteiger partial charge in [0.2, 0.25) is 0 Å². The Balaban J connectivity index is 1.73. The number of carbonyl (C=O) groups excluding carboxylic acids is 1. The Morgan fingerprint density at radius 2 is 2.50 bits per heavy atom. The Hall–Kier alpha value is -2.19. The third kappa shape index (κ3) is 2.43. The lowest BCUT2D eigenvalue weighted by Crippen LogP contribution is -2.25. The number of nitrogens with one attached hydrogen (secondary N) is 2. The summed E-state index contributed by atoms with van der Waals surface area (Å²) in [4.78, 5) is 20.9. The number of fused-ring (bicyclic) bond motifs is 1. The van der Waals surface area contributed by atoms with Crippen LogP contribution in [0.15, 0.2) is 12.3 Å². The Labute approximate surface area is 115 Å². The van der Waals surface area contributed by atoms with Crippen molar-refractivity contribution in [3.05, 3.63) is 18.0 Å². The zero-order valence-electron chi connectivity index (χ0n) is 11.2. The SMILES string of the molecule is Cc1nn(C)c2ncc(NC(=O)O[C@H]3CNOC3)cc12. The first-order valence-electron chi connectivity index (χ1n) is 6.25. The summed E-state index contributed by atoms with van der Waals surface area (Å²) >= 11 is 0. The Morgan fingerprint density at radius 3 is 3.25 bits per heavy atom. The van der Waals surface area contributed by atoms with E-state index in [-0.39, 0.29) is 6.10 Å². The van der Waals surface area contributed by atoms with Crippen LogP contribution in [0.5, 0.6) is 0 Å². The number of anilines is 1. The normalized spacial score (nSPS) is 18.4. The fraction of sp³-hybridized carbons (Fsp3) is 0.417. The number of pyridine rings is 1. The van der Waals surface area contributed by atoms with E-state index in [0.717, 1.165) is 16.7 Å². The molecule has 0 bridgehead atoms. The van der Waals surface area contributed by atoms with Gasteiger partial charge in [0.25, 0.3) is 0 Å². The van der Waals surface area contributed by atoms with E-state index < -0.39 is 6.09 Å². The van der Waals surface area contributed by atoms with Crippen molar-refractivity contribution in [3.63, 3.8) is 0 Å². The first-order chi connectivity index (χ1) is 9.63. The minimum Gasteiger partial charge on any atom is -0.442 e. The lowest BCUT2D eigenvalue weighted by molar-refractivity contribution is 0.0692. The van der Waals surface area contributed by atoms with Crippen LogP contribution in [-0.4, -0.2) is 40.1 Å². The monoisotopic (exact) mass is 277 g/mol. The second-order valence-electron chi connectivity index (χ2n) is 4.62. The minimum absolute atomic E-state index is 0.271. The van der Waals surface area contributed by atoms with Crippen molar-refractivity contribution in [1.82, 2.24) is 20.2 Å². The average Bonchev–Trinajstić information content (AvgIpc) is 2.99. The van der Waals surface area contributed by atoms with Crippen molar-refractivity contribution in [2.24, 2.45) is 7.05 Å². The van der Waals surface area contributed by atoms with Crippen LogP contribution in [0.4, 0.5) is 10.5 Å². The molecule has 8 heteroatoms. The predicted molar refractivity (Wildman–Crippen MR) is 71.1 cm³/mol. The second-order valence-corrected chi connectivity index (χ2v) is 4.62. The molecule has 2 aromatic rings. The fourth-order valence-electron chi connectivity index (χ4n) is 2.11. The third-order valence-corrected chi connectivity index (χ3v) is 3.07. The molecule has 0 aromatic carbocycles. The van der Waals surface area contributed by atoms with E-state index in [9.17, 15) is 4.79 Å². The molecule has 1 saturated heterocycles. The van der Waals surface area contributed by atoms with Crippen molar-refractivity contribution in [2.45, 2.75) is 13.0 Å². The number of amides is 1. The molecule has 0 aliphatic carbocycles. The number of hydrogen-bond donors (Lipinski definition) is 2. The molecule has 3 heterocycles. The molecule has 3 rings (SSSR count). The van der Waals surface area contributed by atoms with E-state index in [0.29, 0.717) is 18.8 Å². The Bertz CT molecular complexity index is 648. The van der Waals surface area contributed by atoms with E-state index in [2.05, 4.69) is 20.9 Å². The molecule has 0 unspecified atom stereocenters. The summed E-state index contributed by atoms with van der Waals surface area (Å²) in [6.07, 6.45) is 0.783. The maximum Gasteiger partial charge on any atom is 0.412 e. The number of hydrogen-bond acceptors (Lipinski definition) is 6. The van der Waals surface area contributed by atoms with Gasteiger partial charge in [0.05, 0.1) is 24.1 Å². The van der Waals surface area contributed by atoms with Crippen LogP contribution < -0.4 is 10.8 Å². The van der Waals surface area contributed by atoms with E-state index >= 15 is 0 Å². The van der Waals surface area contributed by atoms with Gasteiger partial charge in [-0.3, -0.25) is 14.8 Å². The summed E-state index contributed by atoms with van der Waals surface area (Å²) in [6.45, 7) is 2.74. The molecule has 106 valence electrons. The van der Waals surface area contributed by atoms with E-state index in [4.69, 9.17) is 9.57 Å².